The van der Waals surface area contributed by atoms with Crippen LogP contribution in [0.25, 0.3) is 0 Å². The largest absolute Gasteiger partial charge is 2.00 e. The molecular formula is C20H22Br2CuN2O2. The van der Waals surface area contributed by atoms with Crippen LogP contribution < -0.4 is 10.2 Å². The smallest absolute Gasteiger partial charge is 0.872 e. The van der Waals surface area contributed by atoms with E-state index in [0.29, 0.717) is 11.1 Å². The Bertz CT molecular complexity index is 638. The molecule has 4 nitrogen and oxygen atoms in total. The van der Waals surface area contributed by atoms with Gasteiger partial charge in [0.05, 0.1) is 0 Å². The molecule has 2 aromatic carbocycles. The minimum absolute atomic E-state index is 0. The molecule has 0 saturated carbocycles. The van der Waals surface area contributed by atoms with Gasteiger partial charge in [0.25, 0.3) is 0 Å². The summed E-state index contributed by atoms with van der Waals surface area (Å²) in [6, 6.07) is 13.8. The van der Waals surface area contributed by atoms with Crippen molar-refractivity contribution in [3.05, 3.63) is 59.7 Å². The Morgan fingerprint density at radius 3 is 1.41 bits per heavy atom. The maximum atomic E-state index is 11.2. The van der Waals surface area contributed by atoms with Crippen LogP contribution in [0.5, 0.6) is 11.5 Å². The molecule has 0 saturated heterocycles. The summed E-state index contributed by atoms with van der Waals surface area (Å²) in [6.45, 7) is 1.53. The molecule has 2 rings (SSSR count). The van der Waals surface area contributed by atoms with E-state index in [2.05, 4.69) is 41.8 Å². The van der Waals surface area contributed by atoms with Crippen molar-refractivity contribution in [1.29, 1.82) is 0 Å². The minimum Gasteiger partial charge on any atom is -0.872 e. The summed E-state index contributed by atoms with van der Waals surface area (Å²) in [4.78, 5) is 8.27. The molecule has 0 heterocycles. The van der Waals surface area contributed by atoms with Gasteiger partial charge in [-0.2, -0.15) is 0 Å². The van der Waals surface area contributed by atoms with Crippen LogP contribution in [0.1, 0.15) is 24.0 Å². The second kappa shape index (κ2) is 17.0. The first-order valence-electron chi connectivity index (χ1n) is 8.32. The fourth-order valence-corrected chi connectivity index (χ4v) is 2.30. The van der Waals surface area contributed by atoms with Crippen molar-refractivity contribution in [1.82, 2.24) is 0 Å². The molecule has 0 aromatic heterocycles. The van der Waals surface area contributed by atoms with Crippen LogP contribution in [0, 0.1) is 0 Å². The Morgan fingerprint density at radius 1 is 0.704 bits per heavy atom. The number of nitrogens with zero attached hydrogens (tertiary/aromatic N) is 2. The average Bonchev–Trinajstić information content (AvgIpc) is 2.66. The number of hydrogen-bond donors (Lipinski definition) is 0. The van der Waals surface area contributed by atoms with E-state index >= 15 is 0 Å². The maximum absolute atomic E-state index is 11.2. The van der Waals surface area contributed by atoms with Gasteiger partial charge in [-0.15, -0.1) is 11.5 Å². The number of benzene rings is 2. The van der Waals surface area contributed by atoms with Crippen molar-refractivity contribution in [2.45, 2.75) is 12.8 Å². The first-order valence-corrected chi connectivity index (χ1v) is 10.6. The van der Waals surface area contributed by atoms with E-state index in [0.717, 1.165) is 36.6 Å². The molecule has 0 spiro atoms. The second-order valence-corrected chi connectivity index (χ2v) is 6.82. The monoisotopic (exact) mass is 543 g/mol. The van der Waals surface area contributed by atoms with Gasteiger partial charge in [0.15, 0.2) is 0 Å². The zero-order valence-electron chi connectivity index (χ0n) is 14.8. The number of alkyl halides is 2. The first-order chi connectivity index (χ1) is 12.7. The Balaban J connectivity index is 0.000000483. The number of hydrogen-bond acceptors (Lipinski definition) is 4. The van der Waals surface area contributed by atoms with Gasteiger partial charge in [0.2, 0.25) is 0 Å². The summed E-state index contributed by atoms with van der Waals surface area (Å²) in [5.74, 6) is 0.0650. The summed E-state index contributed by atoms with van der Waals surface area (Å²) in [5, 5.41) is 24.3. The van der Waals surface area contributed by atoms with Crippen LogP contribution in [0.15, 0.2) is 58.5 Å². The molecule has 0 unspecified atom stereocenters. The van der Waals surface area contributed by atoms with Crippen LogP contribution in [0.4, 0.5) is 0 Å². The van der Waals surface area contributed by atoms with E-state index < -0.39 is 0 Å². The van der Waals surface area contributed by atoms with E-state index in [-0.39, 0.29) is 28.6 Å². The summed E-state index contributed by atoms with van der Waals surface area (Å²) >= 11 is 6.63. The third kappa shape index (κ3) is 12.0. The van der Waals surface area contributed by atoms with Crippen LogP contribution in [0.2, 0.25) is 0 Å². The van der Waals surface area contributed by atoms with E-state index in [1.54, 1.807) is 48.8 Å². The molecule has 149 valence electrons. The first kappa shape index (κ1) is 25.9. The Morgan fingerprint density at radius 2 is 1.07 bits per heavy atom. The summed E-state index contributed by atoms with van der Waals surface area (Å²) < 4.78 is 0. The predicted molar refractivity (Wildman–Crippen MR) is 114 cm³/mol. The molecule has 0 fully saturated rings. The SMILES string of the molecule is [Cu+2].[O-]c1ccccc1C=NCCCBr.[O-]c1ccccc1C=NCCCBr. The Labute approximate surface area is 188 Å². The fraction of sp³-hybridized carbons (Fsp3) is 0.300. The maximum Gasteiger partial charge on any atom is 2.00 e. The Hall–Kier alpha value is -1.14. The summed E-state index contributed by atoms with van der Waals surface area (Å²) in [5.41, 5.74) is 1.33. The van der Waals surface area contributed by atoms with Crippen molar-refractivity contribution in [2.75, 3.05) is 23.7 Å². The second-order valence-electron chi connectivity index (χ2n) is 5.23. The summed E-state index contributed by atoms with van der Waals surface area (Å²) in [6.07, 6.45) is 5.28. The molecule has 7 heteroatoms. The molecule has 0 bridgehead atoms. The molecule has 0 N–H and O–H groups in total. The molecule has 0 aliphatic carbocycles. The molecule has 2 aromatic rings. The van der Waals surface area contributed by atoms with Gasteiger partial charge in [-0.05, 0) is 24.0 Å². The zero-order valence-corrected chi connectivity index (χ0v) is 18.9. The molecule has 1 radical (unpaired) electrons. The molecular weight excluding hydrogens is 524 g/mol. The third-order valence-electron chi connectivity index (χ3n) is 3.14. The van der Waals surface area contributed by atoms with Gasteiger partial charge < -0.3 is 10.2 Å². The van der Waals surface area contributed by atoms with Gasteiger partial charge in [-0.1, -0.05) is 80.4 Å². The molecule has 27 heavy (non-hydrogen) atoms. The van der Waals surface area contributed by atoms with Gasteiger partial charge in [0, 0.05) is 36.2 Å². The number of rotatable bonds is 8. The topological polar surface area (TPSA) is 70.8 Å². The third-order valence-corrected chi connectivity index (χ3v) is 4.26. The van der Waals surface area contributed by atoms with Gasteiger partial charge >= 0.3 is 17.1 Å². The van der Waals surface area contributed by atoms with E-state index in [4.69, 9.17) is 0 Å². The fourth-order valence-electron chi connectivity index (χ4n) is 1.80. The van der Waals surface area contributed by atoms with Crippen molar-refractivity contribution >= 4 is 44.3 Å². The zero-order chi connectivity index (χ0) is 19.0. The number of para-hydroxylation sites is 2. The van der Waals surface area contributed by atoms with Crippen molar-refractivity contribution < 1.29 is 27.3 Å². The normalized spacial score (nSPS) is 10.4. The van der Waals surface area contributed by atoms with Crippen molar-refractivity contribution in [2.24, 2.45) is 9.98 Å². The minimum atomic E-state index is 0. The van der Waals surface area contributed by atoms with Crippen LogP contribution in [0.3, 0.4) is 0 Å². The van der Waals surface area contributed by atoms with E-state index in [1.807, 2.05) is 12.1 Å². The molecule has 0 aliphatic rings. The van der Waals surface area contributed by atoms with E-state index in [9.17, 15) is 10.2 Å². The van der Waals surface area contributed by atoms with Crippen LogP contribution in [-0.2, 0) is 17.1 Å². The quantitative estimate of drug-likeness (QED) is 0.218. The molecule has 0 aliphatic heterocycles. The van der Waals surface area contributed by atoms with Crippen LogP contribution in [-0.4, -0.2) is 36.2 Å². The summed E-state index contributed by atoms with van der Waals surface area (Å²) in [7, 11) is 0. The number of aliphatic imine (C=N–C) groups is 2. The van der Waals surface area contributed by atoms with Gasteiger partial charge in [-0.25, -0.2) is 0 Å². The van der Waals surface area contributed by atoms with Gasteiger partial charge in [-0.3, -0.25) is 9.98 Å². The Kier molecular flexibility index (Phi) is 16.3. The van der Waals surface area contributed by atoms with E-state index in [1.165, 1.54) is 0 Å². The standard InChI is InChI=1S/2C10H12BrNO.Cu/c2*11-6-3-7-12-8-9-4-1-2-5-10(9)13;/h2*1-2,4-5,8,13H,3,6-7H2;/q;;+2/p-2. The predicted octanol–water partition coefficient (Wildman–Crippen LogP) is 3.93. The molecule has 0 amide bonds. The number of halogens is 2. The van der Waals surface area contributed by atoms with Crippen molar-refractivity contribution in [3.8, 4) is 11.5 Å². The van der Waals surface area contributed by atoms with Gasteiger partial charge in [0.1, 0.15) is 0 Å². The average molecular weight is 546 g/mol. The molecule has 0 atom stereocenters. The van der Waals surface area contributed by atoms with Crippen molar-refractivity contribution in [3.63, 3.8) is 0 Å². The van der Waals surface area contributed by atoms with Crippen LogP contribution >= 0.6 is 31.9 Å².